The fourth-order valence-corrected chi connectivity index (χ4v) is 1.27. The van der Waals surface area contributed by atoms with Crippen molar-refractivity contribution in [3.05, 3.63) is 28.2 Å². The van der Waals surface area contributed by atoms with E-state index in [1.165, 1.54) is 6.07 Å². The maximum atomic E-state index is 11.0. The molecule has 0 amide bonds. The molecule has 1 heterocycles. The molecule has 0 atom stereocenters. The van der Waals surface area contributed by atoms with Crippen LogP contribution in [-0.2, 0) is 13.0 Å². The van der Waals surface area contributed by atoms with E-state index in [9.17, 15) is 9.90 Å². The van der Waals surface area contributed by atoms with Gasteiger partial charge in [-0.2, -0.15) is 0 Å². The van der Waals surface area contributed by atoms with E-state index in [1.807, 2.05) is 6.92 Å². The first kappa shape index (κ1) is 9.80. The number of aliphatic hydroxyl groups is 1. The zero-order valence-corrected chi connectivity index (χ0v) is 7.53. The van der Waals surface area contributed by atoms with Crippen LogP contribution >= 0.6 is 0 Å². The lowest BCUT2D eigenvalue weighted by molar-refractivity contribution is 0.292. The summed E-state index contributed by atoms with van der Waals surface area (Å²) >= 11 is 0. The lowest BCUT2D eigenvalue weighted by atomic mass is 10.2. The van der Waals surface area contributed by atoms with Gasteiger partial charge in [-0.05, 0) is 6.92 Å². The van der Waals surface area contributed by atoms with Crippen molar-refractivity contribution in [2.45, 2.75) is 19.9 Å². The Morgan fingerprint density at radius 2 is 2.23 bits per heavy atom. The molecule has 0 saturated heterocycles. The van der Waals surface area contributed by atoms with E-state index < -0.39 is 5.43 Å². The van der Waals surface area contributed by atoms with E-state index in [4.69, 9.17) is 5.11 Å². The first-order valence-corrected chi connectivity index (χ1v) is 4.22. The molecule has 0 radical (unpaired) electrons. The van der Waals surface area contributed by atoms with Crippen molar-refractivity contribution >= 4 is 0 Å². The van der Waals surface area contributed by atoms with Gasteiger partial charge in [0.15, 0.2) is 5.75 Å². The van der Waals surface area contributed by atoms with Crippen LogP contribution in [0.15, 0.2) is 17.1 Å². The number of nitrogens with zero attached hydrogens (tertiary/aromatic N) is 1. The van der Waals surface area contributed by atoms with Gasteiger partial charge in [-0.25, -0.2) is 0 Å². The standard InChI is InChI=1S/C9H13NO3/c1-2-10-5-3-8(12)9(13)7(10)4-6-11/h3,5,11,13H,2,4,6H2,1H3. The third-order valence-electron chi connectivity index (χ3n) is 1.95. The van der Waals surface area contributed by atoms with Crippen molar-refractivity contribution in [3.63, 3.8) is 0 Å². The third-order valence-corrected chi connectivity index (χ3v) is 1.95. The fraction of sp³-hybridized carbons (Fsp3) is 0.444. The largest absolute Gasteiger partial charge is 0.503 e. The molecule has 0 bridgehead atoms. The van der Waals surface area contributed by atoms with Gasteiger partial charge in [0.05, 0.1) is 5.69 Å². The smallest absolute Gasteiger partial charge is 0.223 e. The minimum Gasteiger partial charge on any atom is -0.503 e. The van der Waals surface area contributed by atoms with Crippen molar-refractivity contribution < 1.29 is 10.2 Å². The molecule has 72 valence electrons. The highest BCUT2D eigenvalue weighted by molar-refractivity contribution is 5.26. The van der Waals surface area contributed by atoms with Crippen LogP contribution in [0.3, 0.4) is 0 Å². The second-order valence-corrected chi connectivity index (χ2v) is 2.73. The maximum absolute atomic E-state index is 11.0. The summed E-state index contributed by atoms with van der Waals surface area (Å²) in [6.45, 7) is 2.50. The molecule has 0 fully saturated rings. The lowest BCUT2D eigenvalue weighted by Crippen LogP contribution is -2.13. The monoisotopic (exact) mass is 183 g/mol. The van der Waals surface area contributed by atoms with E-state index in [1.54, 1.807) is 10.8 Å². The number of aromatic hydroxyl groups is 1. The van der Waals surface area contributed by atoms with Crippen molar-refractivity contribution in [1.82, 2.24) is 4.57 Å². The molecule has 0 aliphatic rings. The Morgan fingerprint density at radius 1 is 1.54 bits per heavy atom. The maximum Gasteiger partial charge on any atom is 0.223 e. The molecule has 13 heavy (non-hydrogen) atoms. The molecule has 1 aromatic rings. The Morgan fingerprint density at radius 3 is 2.77 bits per heavy atom. The number of hydrogen-bond donors (Lipinski definition) is 2. The molecule has 4 nitrogen and oxygen atoms in total. The van der Waals surface area contributed by atoms with Gasteiger partial charge in [-0.1, -0.05) is 0 Å². The van der Waals surface area contributed by atoms with Crippen molar-refractivity contribution in [3.8, 4) is 5.75 Å². The Bertz CT molecular complexity index is 343. The minimum atomic E-state index is -0.395. The summed E-state index contributed by atoms with van der Waals surface area (Å²) in [6.07, 6.45) is 1.92. The lowest BCUT2D eigenvalue weighted by Gasteiger charge is -2.11. The Kier molecular flexibility index (Phi) is 3.08. The van der Waals surface area contributed by atoms with E-state index in [0.29, 0.717) is 18.7 Å². The molecule has 4 heteroatoms. The van der Waals surface area contributed by atoms with Gasteiger partial charge in [-0.15, -0.1) is 0 Å². The fourth-order valence-electron chi connectivity index (χ4n) is 1.27. The molecule has 0 aromatic carbocycles. The predicted octanol–water partition coefficient (Wildman–Crippen LogP) is 0.109. The van der Waals surface area contributed by atoms with Crippen molar-refractivity contribution in [1.29, 1.82) is 0 Å². The average Bonchev–Trinajstić information content (AvgIpc) is 2.14. The van der Waals surface area contributed by atoms with Gasteiger partial charge in [0.25, 0.3) is 0 Å². The normalized spacial score (nSPS) is 10.3. The SMILES string of the molecule is CCn1ccc(=O)c(O)c1CCO. The average molecular weight is 183 g/mol. The van der Waals surface area contributed by atoms with Gasteiger partial charge < -0.3 is 14.8 Å². The highest BCUT2D eigenvalue weighted by Crippen LogP contribution is 2.11. The zero-order chi connectivity index (χ0) is 9.84. The van der Waals surface area contributed by atoms with E-state index in [-0.39, 0.29) is 12.4 Å². The van der Waals surface area contributed by atoms with E-state index in [2.05, 4.69) is 0 Å². The van der Waals surface area contributed by atoms with Crippen LogP contribution in [-0.4, -0.2) is 21.4 Å². The van der Waals surface area contributed by atoms with Gasteiger partial charge in [-0.3, -0.25) is 4.79 Å². The third kappa shape index (κ3) is 1.89. The summed E-state index contributed by atoms with van der Waals surface area (Å²) in [4.78, 5) is 11.0. The van der Waals surface area contributed by atoms with Crippen molar-refractivity contribution in [2.24, 2.45) is 0 Å². The molecular weight excluding hydrogens is 170 g/mol. The second kappa shape index (κ2) is 4.09. The van der Waals surface area contributed by atoms with E-state index >= 15 is 0 Å². The number of aryl methyl sites for hydroxylation is 1. The van der Waals surface area contributed by atoms with Gasteiger partial charge in [0.1, 0.15) is 0 Å². The number of rotatable bonds is 3. The number of pyridine rings is 1. The topological polar surface area (TPSA) is 62.5 Å². The van der Waals surface area contributed by atoms with Crippen LogP contribution in [0.25, 0.3) is 0 Å². The molecule has 2 N–H and O–H groups in total. The number of aliphatic hydroxyl groups excluding tert-OH is 1. The minimum absolute atomic E-state index is 0.0724. The molecule has 0 aliphatic heterocycles. The highest BCUT2D eigenvalue weighted by Gasteiger charge is 2.07. The van der Waals surface area contributed by atoms with Gasteiger partial charge in [0.2, 0.25) is 5.43 Å². The summed E-state index contributed by atoms with van der Waals surface area (Å²) in [5.74, 6) is -0.251. The Balaban J connectivity index is 3.23. The molecule has 1 aromatic heterocycles. The quantitative estimate of drug-likeness (QED) is 0.699. The van der Waals surface area contributed by atoms with Crippen LogP contribution in [0.4, 0.5) is 0 Å². The van der Waals surface area contributed by atoms with Gasteiger partial charge in [0, 0.05) is 31.8 Å². The predicted molar refractivity (Wildman–Crippen MR) is 48.8 cm³/mol. The van der Waals surface area contributed by atoms with Gasteiger partial charge >= 0.3 is 0 Å². The highest BCUT2D eigenvalue weighted by atomic mass is 16.3. The van der Waals surface area contributed by atoms with E-state index in [0.717, 1.165) is 0 Å². The summed E-state index contributed by atoms with van der Waals surface area (Å²) in [7, 11) is 0. The molecular formula is C9H13NO3. The number of aromatic nitrogens is 1. The first-order valence-electron chi connectivity index (χ1n) is 4.22. The molecule has 0 saturated carbocycles. The summed E-state index contributed by atoms with van der Waals surface area (Å²) in [5, 5.41) is 18.1. The van der Waals surface area contributed by atoms with Crippen LogP contribution in [0, 0.1) is 0 Å². The second-order valence-electron chi connectivity index (χ2n) is 2.73. The summed E-state index contributed by atoms with van der Waals surface area (Å²) in [6, 6.07) is 1.32. The van der Waals surface area contributed by atoms with Crippen LogP contribution in [0.1, 0.15) is 12.6 Å². The molecule has 1 rings (SSSR count). The molecule has 0 aliphatic carbocycles. The zero-order valence-electron chi connectivity index (χ0n) is 7.53. The molecule has 0 spiro atoms. The van der Waals surface area contributed by atoms with Crippen molar-refractivity contribution in [2.75, 3.05) is 6.61 Å². The Hall–Kier alpha value is -1.29. The first-order chi connectivity index (χ1) is 6.20. The van der Waals surface area contributed by atoms with Crippen LogP contribution < -0.4 is 5.43 Å². The summed E-state index contributed by atoms with van der Waals surface area (Å²) < 4.78 is 1.74. The molecule has 0 unspecified atom stereocenters. The van der Waals surface area contributed by atoms with Crippen LogP contribution in [0.2, 0.25) is 0 Å². The Labute approximate surface area is 76.1 Å². The van der Waals surface area contributed by atoms with Crippen LogP contribution in [0.5, 0.6) is 5.75 Å². The number of hydrogen-bond acceptors (Lipinski definition) is 3. The summed E-state index contributed by atoms with van der Waals surface area (Å²) in [5.41, 5.74) is 0.102.